The standard InChI is InChI=1S/C21H27NO2/c1-24-21-12-2-16(3-13-21)14-15-22-19-8-4-17(5-9-19)18-6-10-20(23)11-7-18/h2-3,6-7,10-13,17,19,22-23H,4-5,8-9,14-15H2,1H3/t17-,19-. The average Bonchev–Trinajstić information content (AvgIpc) is 2.64. The normalized spacial score (nSPS) is 20.7. The molecular weight excluding hydrogens is 298 g/mol. The number of phenolic OH excluding ortho intramolecular Hbond substituents is 1. The molecule has 0 spiro atoms. The van der Waals surface area contributed by atoms with E-state index in [1.807, 2.05) is 12.1 Å². The third kappa shape index (κ3) is 4.51. The largest absolute Gasteiger partial charge is 0.508 e. The molecule has 1 saturated carbocycles. The minimum Gasteiger partial charge on any atom is -0.508 e. The van der Waals surface area contributed by atoms with Gasteiger partial charge in [-0.3, -0.25) is 0 Å². The lowest BCUT2D eigenvalue weighted by Gasteiger charge is -2.29. The summed E-state index contributed by atoms with van der Waals surface area (Å²) >= 11 is 0. The van der Waals surface area contributed by atoms with Crippen LogP contribution in [0, 0.1) is 0 Å². The first-order chi connectivity index (χ1) is 11.7. The smallest absolute Gasteiger partial charge is 0.118 e. The topological polar surface area (TPSA) is 41.5 Å². The molecule has 2 aromatic carbocycles. The Balaban J connectivity index is 1.39. The van der Waals surface area contributed by atoms with Crippen LogP contribution in [-0.4, -0.2) is 24.8 Å². The quantitative estimate of drug-likeness (QED) is 0.834. The molecule has 0 aromatic heterocycles. The molecule has 0 unspecified atom stereocenters. The second kappa shape index (κ2) is 8.20. The van der Waals surface area contributed by atoms with Crippen LogP contribution in [0.5, 0.6) is 11.5 Å². The molecule has 0 bridgehead atoms. The fourth-order valence-electron chi connectivity index (χ4n) is 3.59. The summed E-state index contributed by atoms with van der Waals surface area (Å²) in [6.07, 6.45) is 5.97. The lowest BCUT2D eigenvalue weighted by Crippen LogP contribution is -2.34. The Morgan fingerprint density at radius 2 is 1.62 bits per heavy atom. The third-order valence-corrected chi connectivity index (χ3v) is 5.10. The van der Waals surface area contributed by atoms with Gasteiger partial charge in [0.1, 0.15) is 11.5 Å². The number of nitrogens with one attached hydrogen (secondary N) is 1. The second-order valence-corrected chi connectivity index (χ2v) is 6.69. The van der Waals surface area contributed by atoms with Crippen molar-refractivity contribution in [3.05, 3.63) is 59.7 Å². The van der Waals surface area contributed by atoms with Crippen LogP contribution in [0.1, 0.15) is 42.7 Å². The first-order valence-corrected chi connectivity index (χ1v) is 8.90. The number of phenols is 1. The highest BCUT2D eigenvalue weighted by atomic mass is 16.5. The maximum atomic E-state index is 9.40. The van der Waals surface area contributed by atoms with Crippen molar-refractivity contribution in [2.75, 3.05) is 13.7 Å². The predicted molar refractivity (Wildman–Crippen MR) is 97.8 cm³/mol. The van der Waals surface area contributed by atoms with Crippen molar-refractivity contribution in [3.8, 4) is 11.5 Å². The molecule has 1 aliphatic rings. The summed E-state index contributed by atoms with van der Waals surface area (Å²) in [5, 5.41) is 13.1. The van der Waals surface area contributed by atoms with Crippen LogP contribution in [0.25, 0.3) is 0 Å². The van der Waals surface area contributed by atoms with Gasteiger partial charge in [-0.15, -0.1) is 0 Å². The molecule has 0 aliphatic heterocycles. The van der Waals surface area contributed by atoms with Crippen LogP contribution in [0.2, 0.25) is 0 Å². The summed E-state index contributed by atoms with van der Waals surface area (Å²) in [6, 6.07) is 16.7. The number of methoxy groups -OCH3 is 1. The molecule has 0 radical (unpaired) electrons. The van der Waals surface area contributed by atoms with Crippen molar-refractivity contribution < 1.29 is 9.84 Å². The predicted octanol–water partition coefficient (Wildman–Crippen LogP) is 4.26. The van der Waals surface area contributed by atoms with Crippen molar-refractivity contribution in [2.24, 2.45) is 0 Å². The maximum Gasteiger partial charge on any atom is 0.118 e. The Bertz CT molecular complexity index is 613. The highest BCUT2D eigenvalue weighted by Crippen LogP contribution is 2.33. The van der Waals surface area contributed by atoms with Gasteiger partial charge >= 0.3 is 0 Å². The molecule has 24 heavy (non-hydrogen) atoms. The molecule has 3 rings (SSSR count). The van der Waals surface area contributed by atoms with Gasteiger partial charge in [-0.1, -0.05) is 24.3 Å². The minimum absolute atomic E-state index is 0.354. The van der Waals surface area contributed by atoms with Crippen LogP contribution < -0.4 is 10.1 Å². The van der Waals surface area contributed by atoms with E-state index in [9.17, 15) is 5.11 Å². The summed E-state index contributed by atoms with van der Waals surface area (Å²) in [4.78, 5) is 0. The van der Waals surface area contributed by atoms with Crippen LogP contribution in [0.4, 0.5) is 0 Å². The van der Waals surface area contributed by atoms with Crippen LogP contribution >= 0.6 is 0 Å². The third-order valence-electron chi connectivity index (χ3n) is 5.10. The van der Waals surface area contributed by atoms with Gasteiger partial charge < -0.3 is 15.2 Å². The van der Waals surface area contributed by atoms with E-state index in [4.69, 9.17) is 4.74 Å². The molecule has 2 aromatic rings. The zero-order valence-corrected chi connectivity index (χ0v) is 14.4. The molecule has 3 heteroatoms. The zero-order valence-electron chi connectivity index (χ0n) is 14.4. The second-order valence-electron chi connectivity index (χ2n) is 6.69. The Labute approximate surface area is 144 Å². The summed E-state index contributed by atoms with van der Waals surface area (Å²) in [5.74, 6) is 1.91. The number of rotatable bonds is 6. The number of benzene rings is 2. The average molecular weight is 325 g/mol. The van der Waals surface area contributed by atoms with E-state index < -0.39 is 0 Å². The van der Waals surface area contributed by atoms with Crippen molar-refractivity contribution in [2.45, 2.75) is 44.1 Å². The van der Waals surface area contributed by atoms with Crippen molar-refractivity contribution in [3.63, 3.8) is 0 Å². The van der Waals surface area contributed by atoms with Crippen molar-refractivity contribution >= 4 is 0 Å². The van der Waals surface area contributed by atoms with Gasteiger partial charge in [-0.25, -0.2) is 0 Å². The van der Waals surface area contributed by atoms with Gasteiger partial charge in [0.05, 0.1) is 7.11 Å². The number of hydrogen-bond donors (Lipinski definition) is 2. The van der Waals surface area contributed by atoms with E-state index in [0.717, 1.165) is 18.7 Å². The molecular formula is C21H27NO2. The van der Waals surface area contributed by atoms with Crippen molar-refractivity contribution in [1.82, 2.24) is 5.32 Å². The molecule has 3 nitrogen and oxygen atoms in total. The highest BCUT2D eigenvalue weighted by molar-refractivity contribution is 5.29. The van der Waals surface area contributed by atoms with Gasteiger partial charge in [-0.05, 0) is 80.0 Å². The zero-order chi connectivity index (χ0) is 16.8. The summed E-state index contributed by atoms with van der Waals surface area (Å²) in [6.45, 7) is 1.03. The Kier molecular flexibility index (Phi) is 5.76. The van der Waals surface area contributed by atoms with E-state index in [1.54, 1.807) is 19.2 Å². The van der Waals surface area contributed by atoms with Crippen molar-refractivity contribution in [1.29, 1.82) is 0 Å². The Morgan fingerprint density at radius 1 is 0.958 bits per heavy atom. The van der Waals surface area contributed by atoms with Gasteiger partial charge in [0.2, 0.25) is 0 Å². The fourth-order valence-corrected chi connectivity index (χ4v) is 3.59. The van der Waals surface area contributed by atoms with Crippen LogP contribution in [0.15, 0.2) is 48.5 Å². The fraction of sp³-hybridized carbons (Fsp3) is 0.429. The molecule has 1 fully saturated rings. The lowest BCUT2D eigenvalue weighted by atomic mass is 9.81. The monoisotopic (exact) mass is 325 g/mol. The lowest BCUT2D eigenvalue weighted by molar-refractivity contribution is 0.344. The minimum atomic E-state index is 0.354. The Morgan fingerprint density at radius 3 is 2.25 bits per heavy atom. The number of aromatic hydroxyl groups is 1. The van der Waals surface area contributed by atoms with E-state index in [-0.39, 0.29) is 0 Å². The number of ether oxygens (including phenoxy) is 1. The van der Waals surface area contributed by atoms with E-state index >= 15 is 0 Å². The van der Waals surface area contributed by atoms with Gasteiger partial charge in [-0.2, -0.15) is 0 Å². The number of hydrogen-bond acceptors (Lipinski definition) is 3. The summed E-state index contributed by atoms with van der Waals surface area (Å²) in [7, 11) is 1.70. The first kappa shape index (κ1) is 16.8. The Hall–Kier alpha value is -2.00. The molecule has 0 saturated heterocycles. The molecule has 0 heterocycles. The summed E-state index contributed by atoms with van der Waals surface area (Å²) in [5.41, 5.74) is 2.71. The van der Waals surface area contributed by atoms with Crippen LogP contribution in [0.3, 0.4) is 0 Å². The van der Waals surface area contributed by atoms with Gasteiger partial charge in [0.25, 0.3) is 0 Å². The molecule has 128 valence electrons. The molecule has 2 N–H and O–H groups in total. The van der Waals surface area contributed by atoms with Crippen LogP contribution in [-0.2, 0) is 6.42 Å². The van der Waals surface area contributed by atoms with E-state index in [0.29, 0.717) is 17.7 Å². The first-order valence-electron chi connectivity index (χ1n) is 8.90. The van der Waals surface area contributed by atoms with Gasteiger partial charge in [0, 0.05) is 6.04 Å². The van der Waals surface area contributed by atoms with E-state index in [2.05, 4.69) is 29.6 Å². The molecule has 0 amide bonds. The van der Waals surface area contributed by atoms with Gasteiger partial charge in [0.15, 0.2) is 0 Å². The SMILES string of the molecule is COc1ccc(CCN[C@H]2CC[C@H](c3ccc(O)cc3)CC2)cc1. The summed E-state index contributed by atoms with van der Waals surface area (Å²) < 4.78 is 5.19. The molecule has 1 aliphatic carbocycles. The molecule has 0 atom stereocenters. The van der Waals surface area contributed by atoms with E-state index in [1.165, 1.54) is 36.8 Å². The highest BCUT2D eigenvalue weighted by Gasteiger charge is 2.21. The maximum absolute atomic E-state index is 9.40.